The van der Waals surface area contributed by atoms with E-state index in [1.807, 2.05) is 6.07 Å². The van der Waals surface area contributed by atoms with Gasteiger partial charge in [0, 0.05) is 12.1 Å². The topological polar surface area (TPSA) is 90.4 Å². The molecule has 0 heterocycles. The summed E-state index contributed by atoms with van der Waals surface area (Å²) in [7, 11) is 0. The van der Waals surface area contributed by atoms with Crippen LogP contribution < -0.4 is 17.2 Å². The number of hydrogen-bond donors (Lipinski definition) is 3. The average Bonchev–Trinajstić information content (AvgIpc) is 2.28. The Labute approximate surface area is 109 Å². The van der Waals surface area contributed by atoms with Gasteiger partial charge in [0.25, 0.3) is 0 Å². The zero-order chi connectivity index (χ0) is 12.0. The lowest BCUT2D eigenvalue weighted by Gasteiger charge is -2.04. The number of aliphatic imine (C=N–C) groups is 1. The molecular formula is C12H21ClN4. The van der Waals surface area contributed by atoms with Crippen LogP contribution in [0.4, 0.5) is 11.4 Å². The number of hydrogen-bond acceptors (Lipinski definition) is 3. The molecule has 0 amide bonds. The zero-order valence-corrected chi connectivity index (χ0v) is 11.0. The number of benzene rings is 1. The molecule has 0 aromatic heterocycles. The maximum absolute atomic E-state index is 5.85. The summed E-state index contributed by atoms with van der Waals surface area (Å²) in [6.07, 6.45) is 3.44. The van der Waals surface area contributed by atoms with Gasteiger partial charge in [-0.3, -0.25) is 4.99 Å². The zero-order valence-electron chi connectivity index (χ0n) is 10.1. The highest BCUT2D eigenvalue weighted by Crippen LogP contribution is 2.15. The lowest BCUT2D eigenvalue weighted by atomic mass is 10.1. The molecule has 0 fully saturated rings. The van der Waals surface area contributed by atoms with E-state index in [-0.39, 0.29) is 12.4 Å². The summed E-state index contributed by atoms with van der Waals surface area (Å²) in [5.41, 5.74) is 19.1. The summed E-state index contributed by atoms with van der Waals surface area (Å²) in [6, 6.07) is 5.34. The molecule has 0 radical (unpaired) electrons. The fraction of sp³-hybridized carbons (Fsp3) is 0.417. The van der Waals surface area contributed by atoms with Crippen LogP contribution >= 0.6 is 12.4 Å². The Morgan fingerprint density at radius 1 is 1.18 bits per heavy atom. The number of halogens is 1. The summed E-state index contributed by atoms with van der Waals surface area (Å²) in [4.78, 5) is 4.30. The van der Waals surface area contributed by atoms with Crippen LogP contribution in [0.3, 0.4) is 0 Å². The Balaban J connectivity index is 0.00000256. The van der Waals surface area contributed by atoms with Crippen LogP contribution in [0.15, 0.2) is 23.2 Å². The lowest BCUT2D eigenvalue weighted by Crippen LogP contribution is -2.14. The first-order valence-corrected chi connectivity index (χ1v) is 5.60. The van der Waals surface area contributed by atoms with E-state index in [4.69, 9.17) is 17.2 Å². The SMILES string of the molecule is CCCCCN=C(N)c1ccc(N)c(N)c1.Cl. The van der Waals surface area contributed by atoms with Gasteiger partial charge in [0.15, 0.2) is 0 Å². The van der Waals surface area contributed by atoms with Gasteiger partial charge < -0.3 is 17.2 Å². The van der Waals surface area contributed by atoms with Crippen LogP contribution in [-0.2, 0) is 0 Å². The number of unbranched alkanes of at least 4 members (excludes halogenated alkanes) is 2. The van der Waals surface area contributed by atoms with E-state index >= 15 is 0 Å². The van der Waals surface area contributed by atoms with E-state index in [0.717, 1.165) is 18.5 Å². The van der Waals surface area contributed by atoms with Gasteiger partial charge in [-0.05, 0) is 24.6 Å². The molecule has 6 N–H and O–H groups in total. The van der Waals surface area contributed by atoms with Crippen LogP contribution in [0.5, 0.6) is 0 Å². The van der Waals surface area contributed by atoms with E-state index in [0.29, 0.717) is 17.2 Å². The summed E-state index contributed by atoms with van der Waals surface area (Å²) in [5, 5.41) is 0. The monoisotopic (exact) mass is 256 g/mol. The van der Waals surface area contributed by atoms with E-state index in [2.05, 4.69) is 11.9 Å². The Bertz CT molecular complexity index is 377. The third kappa shape index (κ3) is 4.95. The quantitative estimate of drug-likeness (QED) is 0.326. The van der Waals surface area contributed by atoms with Gasteiger partial charge >= 0.3 is 0 Å². The number of anilines is 2. The maximum atomic E-state index is 5.85. The Kier molecular flexibility index (Phi) is 7.14. The van der Waals surface area contributed by atoms with E-state index in [9.17, 15) is 0 Å². The van der Waals surface area contributed by atoms with Crippen molar-refractivity contribution < 1.29 is 0 Å². The van der Waals surface area contributed by atoms with Gasteiger partial charge in [0.1, 0.15) is 5.84 Å². The predicted octanol–water partition coefficient (Wildman–Crippen LogP) is 2.17. The molecule has 0 saturated carbocycles. The van der Waals surface area contributed by atoms with Crippen molar-refractivity contribution in [2.75, 3.05) is 18.0 Å². The number of amidine groups is 1. The number of nitrogens with two attached hydrogens (primary N) is 3. The highest BCUT2D eigenvalue weighted by molar-refractivity contribution is 5.98. The van der Waals surface area contributed by atoms with Gasteiger partial charge in [-0.1, -0.05) is 19.8 Å². The minimum absolute atomic E-state index is 0. The normalized spacial score (nSPS) is 11.0. The highest BCUT2D eigenvalue weighted by atomic mass is 35.5. The van der Waals surface area contributed by atoms with Gasteiger partial charge in [-0.25, -0.2) is 0 Å². The van der Waals surface area contributed by atoms with E-state index in [1.54, 1.807) is 12.1 Å². The first kappa shape index (κ1) is 15.6. The van der Waals surface area contributed by atoms with Crippen molar-refractivity contribution in [1.29, 1.82) is 0 Å². The summed E-state index contributed by atoms with van der Waals surface area (Å²) < 4.78 is 0. The van der Waals surface area contributed by atoms with Crippen molar-refractivity contribution in [3.8, 4) is 0 Å². The number of nitrogen functional groups attached to an aromatic ring is 2. The van der Waals surface area contributed by atoms with Gasteiger partial charge in [-0.15, -0.1) is 12.4 Å². The van der Waals surface area contributed by atoms with Crippen LogP contribution in [0.1, 0.15) is 31.7 Å². The average molecular weight is 257 g/mol. The largest absolute Gasteiger partial charge is 0.397 e. The molecule has 0 bridgehead atoms. The molecule has 1 aromatic rings. The van der Waals surface area contributed by atoms with Gasteiger partial charge in [0.2, 0.25) is 0 Å². The Hall–Kier alpha value is -1.42. The minimum atomic E-state index is 0. The molecule has 1 rings (SSSR count). The third-order valence-electron chi connectivity index (χ3n) is 2.43. The Morgan fingerprint density at radius 2 is 1.88 bits per heavy atom. The van der Waals surface area contributed by atoms with Crippen LogP contribution in [0.25, 0.3) is 0 Å². The minimum Gasteiger partial charge on any atom is -0.397 e. The molecule has 5 heteroatoms. The summed E-state index contributed by atoms with van der Waals surface area (Å²) >= 11 is 0. The van der Waals surface area contributed by atoms with Crippen molar-refractivity contribution in [3.05, 3.63) is 23.8 Å². The first-order chi connectivity index (χ1) is 7.65. The van der Waals surface area contributed by atoms with Gasteiger partial charge in [-0.2, -0.15) is 0 Å². The molecule has 17 heavy (non-hydrogen) atoms. The predicted molar refractivity (Wildman–Crippen MR) is 77.6 cm³/mol. The molecule has 4 nitrogen and oxygen atoms in total. The smallest absolute Gasteiger partial charge is 0.125 e. The molecule has 96 valence electrons. The molecule has 0 spiro atoms. The van der Waals surface area contributed by atoms with Crippen LogP contribution in [-0.4, -0.2) is 12.4 Å². The van der Waals surface area contributed by atoms with Crippen molar-refractivity contribution in [2.45, 2.75) is 26.2 Å². The second-order valence-corrected chi connectivity index (χ2v) is 3.82. The maximum Gasteiger partial charge on any atom is 0.125 e. The molecule has 0 aliphatic heterocycles. The van der Waals surface area contributed by atoms with E-state index < -0.39 is 0 Å². The fourth-order valence-electron chi connectivity index (χ4n) is 1.39. The number of rotatable bonds is 5. The molecule has 0 saturated heterocycles. The molecule has 0 atom stereocenters. The van der Waals surface area contributed by atoms with Crippen LogP contribution in [0.2, 0.25) is 0 Å². The van der Waals surface area contributed by atoms with Crippen molar-refractivity contribution in [2.24, 2.45) is 10.7 Å². The summed E-state index contributed by atoms with van der Waals surface area (Å²) in [5.74, 6) is 0.530. The summed E-state index contributed by atoms with van der Waals surface area (Å²) in [6.45, 7) is 2.93. The first-order valence-electron chi connectivity index (χ1n) is 5.60. The number of nitrogens with zero attached hydrogens (tertiary/aromatic N) is 1. The lowest BCUT2D eigenvalue weighted by molar-refractivity contribution is 0.728. The molecule has 0 aliphatic carbocycles. The molecule has 0 unspecified atom stereocenters. The van der Waals surface area contributed by atoms with Crippen molar-refractivity contribution >= 4 is 29.6 Å². The second-order valence-electron chi connectivity index (χ2n) is 3.82. The van der Waals surface area contributed by atoms with Crippen molar-refractivity contribution in [1.82, 2.24) is 0 Å². The molecule has 0 aliphatic rings. The van der Waals surface area contributed by atoms with Crippen molar-refractivity contribution in [3.63, 3.8) is 0 Å². The second kappa shape index (κ2) is 7.79. The molecular weight excluding hydrogens is 236 g/mol. The standard InChI is InChI=1S/C12H20N4.ClH/c1-2-3-4-7-16-12(15)9-5-6-10(13)11(14)8-9;/h5-6,8H,2-4,7,13-14H2,1H3,(H2,15,16);1H. The highest BCUT2D eigenvalue weighted by Gasteiger charge is 2.00. The van der Waals surface area contributed by atoms with Crippen LogP contribution in [0, 0.1) is 0 Å². The fourth-order valence-corrected chi connectivity index (χ4v) is 1.39. The van der Waals surface area contributed by atoms with Gasteiger partial charge in [0.05, 0.1) is 11.4 Å². The Morgan fingerprint density at radius 3 is 2.47 bits per heavy atom. The third-order valence-corrected chi connectivity index (χ3v) is 2.43. The van der Waals surface area contributed by atoms with E-state index in [1.165, 1.54) is 12.8 Å². The molecule has 1 aromatic carbocycles.